The predicted molar refractivity (Wildman–Crippen MR) is 77.9 cm³/mol. The van der Waals surface area contributed by atoms with Gasteiger partial charge in [0.15, 0.2) is 5.82 Å². The number of fused-ring (bicyclic) bond motifs is 1. The third-order valence-electron chi connectivity index (χ3n) is 3.40. The Labute approximate surface area is 122 Å². The quantitative estimate of drug-likeness (QED) is 0.768. The molecule has 0 bridgehead atoms. The fraction of sp³-hybridized carbons (Fsp3) is 0.357. The predicted octanol–water partition coefficient (Wildman–Crippen LogP) is -0.0934. The van der Waals surface area contributed by atoms with Gasteiger partial charge in [-0.3, -0.25) is 14.9 Å². The van der Waals surface area contributed by atoms with Crippen molar-refractivity contribution in [3.05, 3.63) is 30.1 Å². The number of imidazole rings is 1. The van der Waals surface area contributed by atoms with Crippen LogP contribution in [0.1, 0.15) is 12.6 Å². The topological polar surface area (TPSA) is 78.7 Å². The zero-order valence-corrected chi connectivity index (χ0v) is 11.8. The van der Waals surface area contributed by atoms with Crippen LogP contribution in [0.3, 0.4) is 0 Å². The van der Waals surface area contributed by atoms with Gasteiger partial charge in [0.1, 0.15) is 5.65 Å². The van der Waals surface area contributed by atoms with Crippen molar-refractivity contribution >= 4 is 23.3 Å². The maximum absolute atomic E-state index is 11.6. The average Bonchev–Trinajstić information content (AvgIpc) is 2.83. The molecule has 7 heteroatoms. The van der Waals surface area contributed by atoms with E-state index in [0.717, 1.165) is 17.9 Å². The van der Waals surface area contributed by atoms with Crippen LogP contribution in [0.25, 0.3) is 5.65 Å². The molecule has 7 nitrogen and oxygen atoms in total. The van der Waals surface area contributed by atoms with Gasteiger partial charge in [-0.1, -0.05) is 13.0 Å². The molecule has 21 heavy (non-hydrogen) atoms. The summed E-state index contributed by atoms with van der Waals surface area (Å²) in [7, 11) is 0. The van der Waals surface area contributed by atoms with Crippen LogP contribution in [0.5, 0.6) is 0 Å². The Kier molecular flexibility index (Phi) is 3.57. The Bertz CT molecular complexity index is 678. The normalized spacial score (nSPS) is 15.6. The molecule has 2 aromatic rings. The number of piperazine rings is 1. The Balaban J connectivity index is 2.03. The second kappa shape index (κ2) is 5.53. The van der Waals surface area contributed by atoms with E-state index in [-0.39, 0.29) is 24.9 Å². The summed E-state index contributed by atoms with van der Waals surface area (Å²) in [5.74, 6) is 0.0979. The smallest absolute Gasteiger partial charge is 0.246 e. The summed E-state index contributed by atoms with van der Waals surface area (Å²) in [5, 5.41) is 5.58. The zero-order valence-electron chi connectivity index (χ0n) is 11.8. The van der Waals surface area contributed by atoms with Crippen LogP contribution in [0.15, 0.2) is 24.4 Å². The van der Waals surface area contributed by atoms with E-state index in [4.69, 9.17) is 0 Å². The first kappa shape index (κ1) is 13.6. The standard InChI is InChI=1S/C14H17N5O2/c1-2-15-7-10-14(16-11-5-3-4-6-19(10)11)18-8-12(20)17-13(21)9-18/h3-6,15H,2,7-9H2,1H3,(H,17,20,21). The van der Waals surface area contributed by atoms with Crippen LogP contribution in [0.2, 0.25) is 0 Å². The van der Waals surface area contributed by atoms with E-state index in [9.17, 15) is 9.59 Å². The van der Waals surface area contributed by atoms with Crippen LogP contribution in [0.4, 0.5) is 5.82 Å². The van der Waals surface area contributed by atoms with E-state index in [1.807, 2.05) is 35.7 Å². The van der Waals surface area contributed by atoms with Crippen molar-refractivity contribution in [3.63, 3.8) is 0 Å². The number of hydrogen-bond acceptors (Lipinski definition) is 5. The fourth-order valence-corrected chi connectivity index (χ4v) is 2.48. The van der Waals surface area contributed by atoms with Gasteiger partial charge < -0.3 is 14.6 Å². The van der Waals surface area contributed by atoms with Crippen molar-refractivity contribution in [1.29, 1.82) is 0 Å². The van der Waals surface area contributed by atoms with E-state index >= 15 is 0 Å². The third kappa shape index (κ3) is 2.59. The molecule has 0 saturated carbocycles. The van der Waals surface area contributed by atoms with Crippen molar-refractivity contribution < 1.29 is 9.59 Å². The minimum Gasteiger partial charge on any atom is -0.336 e. The van der Waals surface area contributed by atoms with Crippen LogP contribution < -0.4 is 15.5 Å². The first-order valence-corrected chi connectivity index (χ1v) is 6.93. The number of nitrogens with one attached hydrogen (secondary N) is 2. The van der Waals surface area contributed by atoms with Gasteiger partial charge in [-0.05, 0) is 18.7 Å². The van der Waals surface area contributed by atoms with Crippen LogP contribution in [-0.2, 0) is 16.1 Å². The van der Waals surface area contributed by atoms with Crippen LogP contribution in [-0.4, -0.2) is 40.8 Å². The molecular weight excluding hydrogens is 270 g/mol. The monoisotopic (exact) mass is 287 g/mol. The van der Waals surface area contributed by atoms with E-state index in [1.54, 1.807) is 4.90 Å². The number of aromatic nitrogens is 2. The molecule has 2 N–H and O–H groups in total. The van der Waals surface area contributed by atoms with Crippen molar-refractivity contribution in [2.45, 2.75) is 13.5 Å². The van der Waals surface area contributed by atoms with Gasteiger partial charge in [0.2, 0.25) is 11.8 Å². The van der Waals surface area contributed by atoms with E-state index in [1.165, 1.54) is 0 Å². The number of rotatable bonds is 4. The van der Waals surface area contributed by atoms with Crippen LogP contribution in [0, 0.1) is 0 Å². The first-order valence-electron chi connectivity index (χ1n) is 6.93. The molecule has 0 unspecified atom stereocenters. The highest BCUT2D eigenvalue weighted by Crippen LogP contribution is 2.22. The lowest BCUT2D eigenvalue weighted by Crippen LogP contribution is -2.52. The van der Waals surface area contributed by atoms with E-state index in [0.29, 0.717) is 12.4 Å². The van der Waals surface area contributed by atoms with Gasteiger partial charge in [0, 0.05) is 12.7 Å². The molecule has 1 aliphatic rings. The first-order chi connectivity index (χ1) is 10.2. The number of carbonyl (C=O) groups is 2. The minimum atomic E-state index is -0.294. The highest BCUT2D eigenvalue weighted by atomic mass is 16.2. The Hall–Kier alpha value is -2.41. The van der Waals surface area contributed by atoms with Gasteiger partial charge in [0.25, 0.3) is 0 Å². The summed E-state index contributed by atoms with van der Waals surface area (Å²) < 4.78 is 1.98. The van der Waals surface area contributed by atoms with Gasteiger partial charge in [-0.25, -0.2) is 4.98 Å². The van der Waals surface area contributed by atoms with Gasteiger partial charge in [-0.15, -0.1) is 0 Å². The van der Waals surface area contributed by atoms with Crippen molar-refractivity contribution in [3.8, 4) is 0 Å². The molecule has 1 saturated heterocycles. The number of carbonyl (C=O) groups excluding carboxylic acids is 2. The Morgan fingerprint density at radius 2 is 2.05 bits per heavy atom. The third-order valence-corrected chi connectivity index (χ3v) is 3.40. The molecule has 3 heterocycles. The molecule has 0 atom stereocenters. The summed E-state index contributed by atoms with van der Waals surface area (Å²) in [6.45, 7) is 3.78. The lowest BCUT2D eigenvalue weighted by atomic mass is 10.3. The number of imide groups is 1. The van der Waals surface area contributed by atoms with Gasteiger partial charge in [-0.2, -0.15) is 0 Å². The van der Waals surface area contributed by atoms with E-state index in [2.05, 4.69) is 15.6 Å². The maximum Gasteiger partial charge on any atom is 0.246 e. The number of nitrogens with zero attached hydrogens (tertiary/aromatic N) is 3. The largest absolute Gasteiger partial charge is 0.336 e. The highest BCUT2D eigenvalue weighted by molar-refractivity contribution is 6.02. The lowest BCUT2D eigenvalue weighted by molar-refractivity contribution is -0.130. The zero-order chi connectivity index (χ0) is 14.8. The maximum atomic E-state index is 11.6. The average molecular weight is 287 g/mol. The molecule has 0 aliphatic carbocycles. The molecule has 1 fully saturated rings. The summed E-state index contributed by atoms with van der Waals surface area (Å²) in [5.41, 5.74) is 1.76. The molecule has 110 valence electrons. The van der Waals surface area contributed by atoms with Crippen molar-refractivity contribution in [1.82, 2.24) is 20.0 Å². The summed E-state index contributed by atoms with van der Waals surface area (Å²) in [6, 6.07) is 5.75. The molecule has 0 aromatic carbocycles. The molecular formula is C14H17N5O2. The van der Waals surface area contributed by atoms with Gasteiger partial charge in [0.05, 0.1) is 18.8 Å². The minimum absolute atomic E-state index is 0.148. The molecule has 3 rings (SSSR count). The summed E-state index contributed by atoms with van der Waals surface area (Å²) in [4.78, 5) is 29.4. The number of pyridine rings is 1. The van der Waals surface area contributed by atoms with Crippen molar-refractivity contribution in [2.24, 2.45) is 0 Å². The van der Waals surface area contributed by atoms with Crippen molar-refractivity contribution in [2.75, 3.05) is 24.5 Å². The highest BCUT2D eigenvalue weighted by Gasteiger charge is 2.27. The van der Waals surface area contributed by atoms with Crippen LogP contribution >= 0.6 is 0 Å². The fourth-order valence-electron chi connectivity index (χ4n) is 2.48. The Morgan fingerprint density at radius 3 is 2.76 bits per heavy atom. The molecule has 1 aliphatic heterocycles. The molecule has 0 spiro atoms. The molecule has 0 radical (unpaired) electrons. The molecule has 2 amide bonds. The lowest BCUT2D eigenvalue weighted by Gasteiger charge is -2.26. The number of anilines is 1. The number of amides is 2. The Morgan fingerprint density at radius 1 is 1.29 bits per heavy atom. The second-order valence-electron chi connectivity index (χ2n) is 4.92. The second-order valence-corrected chi connectivity index (χ2v) is 4.92. The SMILES string of the molecule is CCNCc1c(N2CC(=O)NC(=O)C2)nc2ccccn12. The summed E-state index contributed by atoms with van der Waals surface area (Å²) in [6.07, 6.45) is 1.93. The molecule has 2 aromatic heterocycles. The summed E-state index contributed by atoms with van der Waals surface area (Å²) >= 11 is 0. The van der Waals surface area contributed by atoms with Gasteiger partial charge >= 0.3 is 0 Å². The number of hydrogen-bond donors (Lipinski definition) is 2. The van der Waals surface area contributed by atoms with E-state index < -0.39 is 0 Å².